The lowest BCUT2D eigenvalue weighted by Crippen LogP contribution is -2.58. The molecule has 0 bridgehead atoms. The second kappa shape index (κ2) is 16.1. The zero-order chi connectivity index (χ0) is 37.8. The van der Waals surface area contributed by atoms with Gasteiger partial charge in [-0.25, -0.2) is 22.0 Å². The highest BCUT2D eigenvalue weighted by Gasteiger charge is 2.34. The summed E-state index contributed by atoms with van der Waals surface area (Å²) in [5.74, 6) is -15.0. The number of amides is 4. The standard InChI is InChI=1S/C37H35F5N6O4S/c38-29-23(30(39)32(41)33(42)31(29)40)16-25(34(43)49)46-36(51)26(14-20-17-45-24-7-3-2-6-22(20)24)48-37(52)27(47-35(50)18-9-11-44-12-10-18)15-21-13-19-5-1-4-8-28(19)53-21/h1-8,13,17-18,25-27,44-45H,9-12,14-16H2,(H2,43,49)(H,46,51)(H,47,50)(H,48,52)/t25-,26+,27+/m0/s1. The Balaban J connectivity index is 1.30. The normalized spacial score (nSPS) is 15.2. The third-order valence-electron chi connectivity index (χ3n) is 9.33. The van der Waals surface area contributed by atoms with Crippen molar-refractivity contribution < 1.29 is 41.1 Å². The fraction of sp³-hybridized carbons (Fsp3) is 0.297. The van der Waals surface area contributed by atoms with Crippen LogP contribution >= 0.6 is 11.3 Å². The number of piperidine rings is 1. The molecule has 0 radical (unpaired) electrons. The van der Waals surface area contributed by atoms with Gasteiger partial charge in [-0.2, -0.15) is 0 Å². The molecular weight excluding hydrogens is 720 g/mol. The molecular formula is C37H35F5N6O4S. The van der Waals surface area contributed by atoms with Gasteiger partial charge in [0.05, 0.1) is 0 Å². The number of H-pyrrole nitrogens is 1. The van der Waals surface area contributed by atoms with Gasteiger partial charge < -0.3 is 32.0 Å². The summed E-state index contributed by atoms with van der Waals surface area (Å²) in [7, 11) is 0. The molecule has 16 heteroatoms. The lowest BCUT2D eigenvalue weighted by atomic mass is 9.96. The van der Waals surface area contributed by atoms with Crippen LogP contribution in [0.15, 0.2) is 60.8 Å². The van der Waals surface area contributed by atoms with Gasteiger partial charge in [0, 0.05) is 57.4 Å². The number of primary amides is 1. The van der Waals surface area contributed by atoms with Gasteiger partial charge in [0.2, 0.25) is 29.4 Å². The second-order valence-corrected chi connectivity index (χ2v) is 14.0. The van der Waals surface area contributed by atoms with Crippen molar-refractivity contribution in [1.29, 1.82) is 0 Å². The third-order valence-corrected chi connectivity index (χ3v) is 10.5. The SMILES string of the molecule is NC(=O)[C@H](Cc1c(F)c(F)c(F)c(F)c1F)NC(=O)[C@@H](Cc1c[nH]c2ccccc12)NC(=O)[C@@H](Cc1cc2ccccc2s1)NC(=O)C1CCNCC1. The molecule has 0 aliphatic carbocycles. The topological polar surface area (TPSA) is 158 Å². The van der Waals surface area contributed by atoms with Crippen LogP contribution < -0.4 is 27.0 Å². The number of carbonyl (C=O) groups excluding carboxylic acids is 4. The maximum Gasteiger partial charge on any atom is 0.243 e. The Morgan fingerprint density at radius 3 is 2.04 bits per heavy atom. The van der Waals surface area contributed by atoms with Crippen LogP contribution in [-0.4, -0.2) is 59.8 Å². The van der Waals surface area contributed by atoms with Crippen LogP contribution in [0.3, 0.4) is 0 Å². The summed E-state index contributed by atoms with van der Waals surface area (Å²) in [5.41, 5.74) is 5.36. The average molecular weight is 755 g/mol. The Labute approximate surface area is 303 Å². The minimum atomic E-state index is -2.39. The Bertz CT molecular complexity index is 2120. The zero-order valence-electron chi connectivity index (χ0n) is 28.0. The van der Waals surface area contributed by atoms with Gasteiger partial charge in [0.15, 0.2) is 23.3 Å². The van der Waals surface area contributed by atoms with Gasteiger partial charge in [0.1, 0.15) is 18.1 Å². The number of nitrogens with two attached hydrogens (primary N) is 1. The van der Waals surface area contributed by atoms with Gasteiger partial charge >= 0.3 is 0 Å². The number of benzene rings is 3. The maximum absolute atomic E-state index is 14.6. The first-order valence-corrected chi connectivity index (χ1v) is 17.7. The van der Waals surface area contributed by atoms with Gasteiger partial charge in [0.25, 0.3) is 0 Å². The third kappa shape index (κ3) is 8.33. The summed E-state index contributed by atoms with van der Waals surface area (Å²) in [4.78, 5) is 57.8. The van der Waals surface area contributed by atoms with Crippen LogP contribution in [0, 0.1) is 35.0 Å². The molecule has 1 fully saturated rings. The van der Waals surface area contributed by atoms with E-state index in [9.17, 15) is 41.1 Å². The molecule has 3 atom stereocenters. The van der Waals surface area contributed by atoms with Crippen molar-refractivity contribution in [2.24, 2.45) is 11.7 Å². The minimum absolute atomic E-state index is 0.0769. The molecule has 0 spiro atoms. The summed E-state index contributed by atoms with van der Waals surface area (Å²) in [6.45, 7) is 1.26. The number of nitrogens with one attached hydrogen (secondary N) is 5. The van der Waals surface area contributed by atoms with Crippen LogP contribution in [0.5, 0.6) is 0 Å². The molecule has 7 N–H and O–H groups in total. The Hall–Kier alpha value is -5.35. The fourth-order valence-corrected chi connectivity index (χ4v) is 7.56. The van der Waals surface area contributed by atoms with E-state index < -0.39 is 76.9 Å². The number of fused-ring (bicyclic) bond motifs is 2. The van der Waals surface area contributed by atoms with Gasteiger partial charge in [-0.15, -0.1) is 11.3 Å². The number of thiophene rings is 1. The Morgan fingerprint density at radius 2 is 1.36 bits per heavy atom. The van der Waals surface area contributed by atoms with Gasteiger partial charge in [-0.1, -0.05) is 36.4 Å². The summed E-state index contributed by atoms with van der Waals surface area (Å²) in [6.07, 6.45) is 1.46. The molecule has 4 amide bonds. The molecule has 0 saturated carbocycles. The van der Waals surface area contributed by atoms with Crippen molar-refractivity contribution in [3.63, 3.8) is 0 Å². The smallest absolute Gasteiger partial charge is 0.243 e. The van der Waals surface area contributed by atoms with E-state index in [0.717, 1.165) is 15.0 Å². The number of hydrogen-bond acceptors (Lipinski definition) is 6. The molecule has 10 nitrogen and oxygen atoms in total. The molecule has 5 aromatic rings. The highest BCUT2D eigenvalue weighted by Crippen LogP contribution is 2.27. The molecule has 53 heavy (non-hydrogen) atoms. The highest BCUT2D eigenvalue weighted by molar-refractivity contribution is 7.19. The molecule has 6 rings (SSSR count). The predicted molar refractivity (Wildman–Crippen MR) is 188 cm³/mol. The number of aromatic nitrogens is 1. The number of rotatable bonds is 13. The van der Waals surface area contributed by atoms with E-state index in [1.165, 1.54) is 11.3 Å². The van der Waals surface area contributed by atoms with Crippen LogP contribution in [0.2, 0.25) is 0 Å². The summed E-state index contributed by atoms with van der Waals surface area (Å²) < 4.78 is 71.8. The van der Waals surface area contributed by atoms with E-state index in [2.05, 4.69) is 26.3 Å². The number of para-hydroxylation sites is 1. The first-order chi connectivity index (χ1) is 25.4. The molecule has 1 aliphatic heterocycles. The first kappa shape index (κ1) is 37.4. The lowest BCUT2D eigenvalue weighted by Gasteiger charge is -2.27. The highest BCUT2D eigenvalue weighted by atomic mass is 32.1. The monoisotopic (exact) mass is 754 g/mol. The van der Waals surface area contributed by atoms with E-state index >= 15 is 0 Å². The molecule has 1 saturated heterocycles. The van der Waals surface area contributed by atoms with Crippen LogP contribution in [0.1, 0.15) is 28.8 Å². The van der Waals surface area contributed by atoms with Gasteiger partial charge in [-0.05, 0) is 55.1 Å². The average Bonchev–Trinajstić information content (AvgIpc) is 3.77. The molecule has 0 unspecified atom stereocenters. The molecule has 278 valence electrons. The Morgan fingerprint density at radius 1 is 0.755 bits per heavy atom. The molecule has 3 heterocycles. The zero-order valence-corrected chi connectivity index (χ0v) is 28.9. The van der Waals surface area contributed by atoms with Crippen molar-refractivity contribution in [3.05, 3.63) is 106 Å². The van der Waals surface area contributed by atoms with Crippen LogP contribution in [0.4, 0.5) is 22.0 Å². The second-order valence-electron chi connectivity index (χ2n) is 12.9. The summed E-state index contributed by atoms with van der Waals surface area (Å²) in [6, 6.07) is 12.0. The quantitative estimate of drug-likeness (QED) is 0.0608. The minimum Gasteiger partial charge on any atom is -0.368 e. The maximum atomic E-state index is 14.6. The number of carbonyl (C=O) groups is 4. The summed E-state index contributed by atoms with van der Waals surface area (Å²) >= 11 is 1.44. The molecule has 1 aliphatic rings. The fourth-order valence-electron chi connectivity index (χ4n) is 6.45. The predicted octanol–water partition coefficient (Wildman–Crippen LogP) is 4.05. The number of halogens is 5. The van der Waals surface area contributed by atoms with E-state index in [1.54, 1.807) is 30.5 Å². The van der Waals surface area contributed by atoms with Crippen LogP contribution in [0.25, 0.3) is 21.0 Å². The number of aromatic amines is 1. The largest absolute Gasteiger partial charge is 0.368 e. The lowest BCUT2D eigenvalue weighted by molar-refractivity contribution is -0.134. The molecule has 2 aromatic heterocycles. The van der Waals surface area contributed by atoms with E-state index in [4.69, 9.17) is 5.73 Å². The first-order valence-electron chi connectivity index (χ1n) is 16.8. The van der Waals surface area contributed by atoms with E-state index in [1.807, 2.05) is 30.3 Å². The van der Waals surface area contributed by atoms with Crippen molar-refractivity contribution in [3.8, 4) is 0 Å². The van der Waals surface area contributed by atoms with E-state index in [0.29, 0.717) is 42.4 Å². The summed E-state index contributed by atoms with van der Waals surface area (Å²) in [5, 5.41) is 12.6. The van der Waals surface area contributed by atoms with Crippen molar-refractivity contribution in [1.82, 2.24) is 26.3 Å². The number of hydrogen-bond donors (Lipinski definition) is 6. The van der Waals surface area contributed by atoms with Crippen molar-refractivity contribution in [2.75, 3.05) is 13.1 Å². The van der Waals surface area contributed by atoms with Crippen molar-refractivity contribution in [2.45, 2.75) is 50.2 Å². The van der Waals surface area contributed by atoms with Crippen molar-refractivity contribution >= 4 is 56.0 Å². The molecule has 3 aromatic carbocycles. The van der Waals surface area contributed by atoms with Gasteiger partial charge in [-0.3, -0.25) is 19.2 Å². The van der Waals surface area contributed by atoms with E-state index in [-0.39, 0.29) is 24.7 Å². The Kier molecular flexibility index (Phi) is 11.4. The van der Waals surface area contributed by atoms with Crippen LogP contribution in [-0.2, 0) is 38.4 Å².